The van der Waals surface area contributed by atoms with Crippen LogP contribution in [-0.2, 0) is 11.3 Å². The third-order valence-electron chi connectivity index (χ3n) is 6.80. The Morgan fingerprint density at radius 3 is 2.25 bits per heavy atom. The van der Waals surface area contributed by atoms with E-state index in [1.165, 1.54) is 70.6 Å². The Bertz CT molecular complexity index is 1020. The topological polar surface area (TPSA) is 50.8 Å². The predicted molar refractivity (Wildman–Crippen MR) is 176 cm³/mol. The molecule has 1 aliphatic heterocycles. The summed E-state index contributed by atoms with van der Waals surface area (Å²) in [7, 11) is 0. The number of unbranched alkanes of at least 4 members (excludes halogenated alkanes) is 11. The number of ether oxygens (including phenoxy) is 2. The molecule has 0 aliphatic carbocycles. The van der Waals surface area contributed by atoms with Crippen molar-refractivity contribution in [3.8, 4) is 11.5 Å². The number of anilines is 1. The molecule has 0 radical (unpaired) electrons. The van der Waals surface area contributed by atoms with Crippen LogP contribution in [0.25, 0.3) is 0 Å². The van der Waals surface area contributed by atoms with Gasteiger partial charge in [-0.05, 0) is 35.6 Å². The molecule has 0 saturated carbocycles. The van der Waals surface area contributed by atoms with E-state index in [0.29, 0.717) is 23.1 Å². The van der Waals surface area contributed by atoms with Crippen LogP contribution in [0.5, 0.6) is 11.5 Å². The number of carbonyl (C=O) groups excluding carboxylic acids is 1. The average molecular weight is 654 g/mol. The molecular formula is C32H46BrClN2O3S. The van der Waals surface area contributed by atoms with E-state index in [1.54, 1.807) is 23.9 Å². The van der Waals surface area contributed by atoms with Gasteiger partial charge in [0, 0.05) is 24.5 Å². The van der Waals surface area contributed by atoms with Gasteiger partial charge in [0.15, 0.2) is 6.61 Å². The van der Waals surface area contributed by atoms with Gasteiger partial charge in [0.1, 0.15) is 11.5 Å². The molecule has 0 unspecified atom stereocenters. The summed E-state index contributed by atoms with van der Waals surface area (Å²) in [6.45, 7) is 3.58. The van der Waals surface area contributed by atoms with Crippen molar-refractivity contribution < 1.29 is 14.3 Å². The maximum absolute atomic E-state index is 12.6. The lowest BCUT2D eigenvalue weighted by atomic mass is 10.1. The monoisotopic (exact) mass is 652 g/mol. The van der Waals surface area contributed by atoms with Gasteiger partial charge in [0.2, 0.25) is 0 Å². The Kier molecular flexibility index (Phi) is 18.0. The van der Waals surface area contributed by atoms with Crippen LogP contribution in [0.1, 0.15) is 89.5 Å². The Labute approximate surface area is 261 Å². The Morgan fingerprint density at radius 1 is 0.925 bits per heavy atom. The average Bonchev–Trinajstić information content (AvgIpc) is 3.45. The van der Waals surface area contributed by atoms with Crippen LogP contribution in [0.2, 0.25) is 5.02 Å². The lowest BCUT2D eigenvalue weighted by Gasteiger charge is -2.18. The second-order valence-electron chi connectivity index (χ2n) is 10.2. The Balaban J connectivity index is 0.00000560. The lowest BCUT2D eigenvalue weighted by Crippen LogP contribution is -2.22. The van der Waals surface area contributed by atoms with Crippen LogP contribution < -0.4 is 14.8 Å². The number of rotatable bonds is 20. The summed E-state index contributed by atoms with van der Waals surface area (Å²) < 4.78 is 11.6. The Morgan fingerprint density at radius 2 is 1.60 bits per heavy atom. The second-order valence-corrected chi connectivity index (χ2v) is 11.4. The summed E-state index contributed by atoms with van der Waals surface area (Å²) in [6, 6.07) is 13.2. The van der Waals surface area contributed by atoms with Gasteiger partial charge in [0.05, 0.1) is 17.5 Å². The first kappa shape index (κ1) is 34.4. The van der Waals surface area contributed by atoms with E-state index in [0.717, 1.165) is 30.1 Å². The number of nitrogens with zero attached hydrogens (tertiary/aromatic N) is 1. The van der Waals surface area contributed by atoms with Crippen molar-refractivity contribution in [3.05, 3.63) is 64.7 Å². The minimum atomic E-state index is -0.211. The molecule has 40 heavy (non-hydrogen) atoms. The van der Waals surface area contributed by atoms with E-state index < -0.39 is 0 Å². The SMILES string of the molecule is Br.CCCCCCCCCCCCCCOc1ccc(OCC(=O)Nc2ccccc2CN2C=CSC2)cc1Cl. The number of para-hydroxylation sites is 1. The third-order valence-corrected chi connectivity index (χ3v) is 7.89. The number of halogens is 2. The van der Waals surface area contributed by atoms with Crippen molar-refractivity contribution in [3.63, 3.8) is 0 Å². The highest BCUT2D eigenvalue weighted by Crippen LogP contribution is 2.29. The Hall–Kier alpha value is -1.83. The van der Waals surface area contributed by atoms with E-state index in [9.17, 15) is 4.79 Å². The van der Waals surface area contributed by atoms with Crippen molar-refractivity contribution in [1.29, 1.82) is 0 Å². The molecule has 1 N–H and O–H groups in total. The van der Waals surface area contributed by atoms with E-state index in [2.05, 4.69) is 28.7 Å². The summed E-state index contributed by atoms with van der Waals surface area (Å²) in [6.07, 6.45) is 17.9. The fourth-order valence-corrected chi connectivity index (χ4v) is 5.50. The van der Waals surface area contributed by atoms with Gasteiger partial charge in [-0.3, -0.25) is 4.79 Å². The van der Waals surface area contributed by atoms with Crippen LogP contribution in [0.15, 0.2) is 54.1 Å². The summed E-state index contributed by atoms with van der Waals surface area (Å²) in [5.41, 5.74) is 1.87. The van der Waals surface area contributed by atoms with Gasteiger partial charge >= 0.3 is 0 Å². The van der Waals surface area contributed by atoms with Crippen LogP contribution in [0.4, 0.5) is 5.69 Å². The fraction of sp³-hybridized carbons (Fsp3) is 0.531. The van der Waals surface area contributed by atoms with Gasteiger partial charge in [-0.25, -0.2) is 0 Å². The van der Waals surface area contributed by atoms with Crippen LogP contribution in [-0.4, -0.2) is 29.9 Å². The molecule has 0 fully saturated rings. The summed E-state index contributed by atoms with van der Waals surface area (Å²) >= 11 is 8.17. The molecule has 2 aromatic rings. The summed E-state index contributed by atoms with van der Waals surface area (Å²) in [5.74, 6) is 1.91. The molecule has 1 heterocycles. The minimum Gasteiger partial charge on any atom is -0.492 e. The summed E-state index contributed by atoms with van der Waals surface area (Å²) in [5, 5.41) is 5.54. The first-order valence-corrected chi connectivity index (χ1v) is 16.0. The molecule has 0 atom stereocenters. The highest BCUT2D eigenvalue weighted by Gasteiger charge is 2.12. The second kappa shape index (κ2) is 21.0. The van der Waals surface area contributed by atoms with Crippen LogP contribution >= 0.6 is 40.3 Å². The standard InChI is InChI=1S/C32H45ClN2O3S.BrH/c1-2-3-4-5-6-7-8-9-10-11-12-15-21-37-31-19-18-28(23-29(31)33)38-25-32(36)34-30-17-14-13-16-27(30)24-35-20-22-39-26-35;/h13-14,16-20,22-23H,2-12,15,21,24-26H2,1H3,(H,34,36);1H. The van der Waals surface area contributed by atoms with Crippen molar-refractivity contribution >= 4 is 51.9 Å². The molecule has 1 amide bonds. The van der Waals surface area contributed by atoms with Gasteiger partial charge in [-0.2, -0.15) is 0 Å². The van der Waals surface area contributed by atoms with Crippen LogP contribution in [0, 0.1) is 0 Å². The zero-order valence-electron chi connectivity index (χ0n) is 23.9. The zero-order chi connectivity index (χ0) is 27.5. The third kappa shape index (κ3) is 13.7. The number of thioether (sulfide) groups is 1. The highest BCUT2D eigenvalue weighted by molar-refractivity contribution is 8.93. The van der Waals surface area contributed by atoms with Crippen molar-refractivity contribution in [2.45, 2.75) is 90.5 Å². The fourth-order valence-electron chi connectivity index (χ4n) is 4.56. The normalized spacial score (nSPS) is 12.3. The molecule has 5 nitrogen and oxygen atoms in total. The van der Waals surface area contributed by atoms with Crippen molar-refractivity contribution in [1.82, 2.24) is 4.90 Å². The molecule has 8 heteroatoms. The first-order chi connectivity index (χ1) is 19.2. The van der Waals surface area contributed by atoms with Crippen molar-refractivity contribution in [2.24, 2.45) is 0 Å². The highest BCUT2D eigenvalue weighted by atomic mass is 79.9. The first-order valence-electron chi connectivity index (χ1n) is 14.6. The maximum Gasteiger partial charge on any atom is 0.262 e. The molecule has 0 aromatic heterocycles. The predicted octanol–water partition coefficient (Wildman–Crippen LogP) is 9.99. The largest absolute Gasteiger partial charge is 0.492 e. The molecular weight excluding hydrogens is 608 g/mol. The smallest absolute Gasteiger partial charge is 0.262 e. The summed E-state index contributed by atoms with van der Waals surface area (Å²) in [4.78, 5) is 14.8. The molecule has 0 saturated heterocycles. The van der Waals surface area contributed by atoms with Crippen LogP contribution in [0.3, 0.4) is 0 Å². The number of hydrogen-bond donors (Lipinski definition) is 1. The maximum atomic E-state index is 12.6. The van der Waals surface area contributed by atoms with E-state index >= 15 is 0 Å². The lowest BCUT2D eigenvalue weighted by molar-refractivity contribution is -0.118. The number of benzene rings is 2. The number of carbonyl (C=O) groups is 1. The quantitative estimate of drug-likeness (QED) is 0.144. The van der Waals surface area contributed by atoms with Gasteiger partial charge in [-0.15, -0.1) is 28.7 Å². The van der Waals surface area contributed by atoms with E-state index in [4.69, 9.17) is 21.1 Å². The molecule has 3 rings (SSSR count). The number of nitrogens with one attached hydrogen (secondary N) is 1. The minimum absolute atomic E-state index is 0. The van der Waals surface area contributed by atoms with E-state index in [-0.39, 0.29) is 29.5 Å². The number of hydrogen-bond acceptors (Lipinski definition) is 5. The zero-order valence-corrected chi connectivity index (χ0v) is 27.2. The number of amides is 1. The molecule has 0 spiro atoms. The molecule has 222 valence electrons. The molecule has 2 aromatic carbocycles. The molecule has 1 aliphatic rings. The van der Waals surface area contributed by atoms with Gasteiger partial charge < -0.3 is 19.7 Å². The van der Waals surface area contributed by atoms with Gasteiger partial charge in [0.25, 0.3) is 5.91 Å². The molecule has 0 bridgehead atoms. The van der Waals surface area contributed by atoms with E-state index in [1.807, 2.05) is 30.3 Å². The van der Waals surface area contributed by atoms with Gasteiger partial charge in [-0.1, -0.05) is 107 Å². The van der Waals surface area contributed by atoms with Crippen molar-refractivity contribution in [2.75, 3.05) is 24.4 Å².